The minimum absolute atomic E-state index is 0.0973. The van der Waals surface area contributed by atoms with Crippen LogP contribution in [0.15, 0.2) is 57.9 Å². The molecule has 3 rings (SSSR count). The van der Waals surface area contributed by atoms with Gasteiger partial charge in [0.2, 0.25) is 5.43 Å². The molecule has 0 saturated carbocycles. The predicted molar refractivity (Wildman–Crippen MR) is 125 cm³/mol. The fourth-order valence-electron chi connectivity index (χ4n) is 2.97. The number of fused-ring (bicyclic) bond motifs is 1. The Morgan fingerprint density at radius 2 is 1.88 bits per heavy atom. The zero-order chi connectivity index (χ0) is 23.3. The maximum absolute atomic E-state index is 12.9. The fourth-order valence-corrected chi connectivity index (χ4v) is 2.97. The first-order valence-electron chi connectivity index (χ1n) is 10.2. The molecule has 1 heterocycles. The van der Waals surface area contributed by atoms with Gasteiger partial charge in [-0.05, 0) is 75.0 Å². The van der Waals surface area contributed by atoms with Crippen molar-refractivity contribution in [3.05, 3.63) is 81.2 Å². The Labute approximate surface area is 186 Å². The molecule has 0 atom stereocenters. The summed E-state index contributed by atoms with van der Waals surface area (Å²) in [6, 6.07) is 10.4. The van der Waals surface area contributed by atoms with Crippen LogP contribution in [0.1, 0.15) is 27.0 Å². The number of likely N-dealkylation sites (N-methyl/N-ethyl adjacent to an activating group) is 1. The van der Waals surface area contributed by atoms with Crippen molar-refractivity contribution in [1.82, 2.24) is 4.90 Å². The highest BCUT2D eigenvalue weighted by Crippen LogP contribution is 2.17. The van der Waals surface area contributed by atoms with Crippen LogP contribution in [0, 0.1) is 13.8 Å². The SMILES string of the molecule is Cc1ccc(NC(=O)c2coc3ccc(/C=C/C(=O)OCCN(C)C)cc3c2=O)cc1C. The Kier molecular flexibility index (Phi) is 7.22. The van der Waals surface area contributed by atoms with Crippen molar-refractivity contribution in [2.75, 3.05) is 32.6 Å². The van der Waals surface area contributed by atoms with Gasteiger partial charge in [-0.15, -0.1) is 0 Å². The summed E-state index contributed by atoms with van der Waals surface area (Å²) in [4.78, 5) is 39.3. The molecule has 1 amide bonds. The van der Waals surface area contributed by atoms with Crippen LogP contribution < -0.4 is 10.7 Å². The zero-order valence-corrected chi connectivity index (χ0v) is 18.6. The minimum Gasteiger partial charge on any atom is -0.463 e. The first kappa shape index (κ1) is 23.0. The van der Waals surface area contributed by atoms with Crippen LogP contribution in [0.5, 0.6) is 0 Å². The zero-order valence-electron chi connectivity index (χ0n) is 18.6. The normalized spacial score (nSPS) is 11.3. The van der Waals surface area contributed by atoms with Gasteiger partial charge in [-0.2, -0.15) is 0 Å². The molecule has 0 aliphatic rings. The van der Waals surface area contributed by atoms with Crippen molar-refractivity contribution in [2.45, 2.75) is 13.8 Å². The van der Waals surface area contributed by atoms with Crippen molar-refractivity contribution in [3.8, 4) is 0 Å². The molecule has 0 bridgehead atoms. The van der Waals surface area contributed by atoms with E-state index in [2.05, 4.69) is 5.32 Å². The quantitative estimate of drug-likeness (QED) is 0.450. The molecule has 166 valence electrons. The second kappa shape index (κ2) is 10.1. The number of nitrogens with zero attached hydrogens (tertiary/aromatic N) is 1. The lowest BCUT2D eigenvalue weighted by molar-refractivity contribution is -0.137. The molecule has 7 nitrogen and oxygen atoms in total. The maximum Gasteiger partial charge on any atom is 0.330 e. The Morgan fingerprint density at radius 1 is 1.09 bits per heavy atom. The average Bonchev–Trinajstić information content (AvgIpc) is 2.75. The van der Waals surface area contributed by atoms with Gasteiger partial charge in [0.05, 0.1) is 5.39 Å². The summed E-state index contributed by atoms with van der Waals surface area (Å²) in [5, 5.41) is 2.99. The van der Waals surface area contributed by atoms with E-state index in [1.807, 2.05) is 45.0 Å². The van der Waals surface area contributed by atoms with E-state index in [-0.39, 0.29) is 17.6 Å². The monoisotopic (exact) mass is 434 g/mol. The molecule has 0 aliphatic carbocycles. The summed E-state index contributed by atoms with van der Waals surface area (Å²) < 4.78 is 10.6. The standard InChI is InChI=1S/C25H26N2O5/c1-16-5-8-19(13-17(16)2)26-25(30)21-15-32-22-9-6-18(14-20(22)24(21)29)7-10-23(28)31-12-11-27(3)4/h5-10,13-15H,11-12H2,1-4H3,(H,26,30)/b10-7+. The van der Waals surface area contributed by atoms with Crippen LogP contribution >= 0.6 is 0 Å². The summed E-state index contributed by atoms with van der Waals surface area (Å²) in [5.41, 5.74) is 3.16. The molecule has 1 N–H and O–H groups in total. The van der Waals surface area contributed by atoms with E-state index in [0.29, 0.717) is 23.4 Å². The summed E-state index contributed by atoms with van der Waals surface area (Å²) in [7, 11) is 3.78. The van der Waals surface area contributed by atoms with Crippen LogP contribution in [-0.4, -0.2) is 44.0 Å². The van der Waals surface area contributed by atoms with Crippen molar-refractivity contribution in [1.29, 1.82) is 0 Å². The molecule has 2 aromatic carbocycles. The number of ether oxygens (including phenoxy) is 1. The van der Waals surface area contributed by atoms with E-state index in [9.17, 15) is 14.4 Å². The van der Waals surface area contributed by atoms with Gasteiger partial charge in [0.15, 0.2) is 0 Å². The molecule has 0 unspecified atom stereocenters. The molecule has 7 heteroatoms. The number of rotatable bonds is 7. The fraction of sp³-hybridized carbons (Fsp3) is 0.240. The highest BCUT2D eigenvalue weighted by molar-refractivity contribution is 6.05. The lowest BCUT2D eigenvalue weighted by Crippen LogP contribution is -2.21. The van der Waals surface area contributed by atoms with Gasteiger partial charge in [-0.3, -0.25) is 9.59 Å². The number of benzene rings is 2. The number of nitrogens with one attached hydrogen (secondary N) is 1. The third-order valence-corrected chi connectivity index (χ3v) is 5.00. The highest BCUT2D eigenvalue weighted by atomic mass is 16.5. The van der Waals surface area contributed by atoms with Gasteiger partial charge >= 0.3 is 5.97 Å². The summed E-state index contributed by atoms with van der Waals surface area (Å²) in [5.74, 6) is -1.02. The molecule has 3 aromatic rings. The number of esters is 1. The van der Waals surface area contributed by atoms with E-state index in [1.165, 1.54) is 12.3 Å². The number of carbonyl (C=O) groups excluding carboxylic acids is 2. The van der Waals surface area contributed by atoms with Crippen molar-refractivity contribution in [2.24, 2.45) is 0 Å². The Bertz CT molecular complexity index is 1240. The highest BCUT2D eigenvalue weighted by Gasteiger charge is 2.15. The number of carbonyl (C=O) groups is 2. The summed E-state index contributed by atoms with van der Waals surface area (Å²) >= 11 is 0. The van der Waals surface area contributed by atoms with Crippen molar-refractivity contribution < 1.29 is 18.7 Å². The molecule has 32 heavy (non-hydrogen) atoms. The average molecular weight is 434 g/mol. The minimum atomic E-state index is -0.547. The Balaban J connectivity index is 1.80. The van der Waals surface area contributed by atoms with E-state index < -0.39 is 17.3 Å². The van der Waals surface area contributed by atoms with Gasteiger partial charge in [0.1, 0.15) is 24.0 Å². The van der Waals surface area contributed by atoms with Crippen LogP contribution in [-0.2, 0) is 9.53 Å². The summed E-state index contributed by atoms with van der Waals surface area (Å²) in [6.45, 7) is 4.84. The molecule has 0 fully saturated rings. The molecular weight excluding hydrogens is 408 g/mol. The molecular formula is C25H26N2O5. The Hall–Kier alpha value is -3.71. The first-order chi connectivity index (χ1) is 15.2. The third-order valence-electron chi connectivity index (χ3n) is 5.00. The van der Waals surface area contributed by atoms with Crippen molar-refractivity contribution >= 4 is 34.6 Å². The van der Waals surface area contributed by atoms with Crippen LogP contribution in [0.4, 0.5) is 5.69 Å². The summed E-state index contributed by atoms with van der Waals surface area (Å²) in [6.07, 6.45) is 4.02. The molecule has 1 aromatic heterocycles. The molecule has 0 spiro atoms. The molecule has 0 aliphatic heterocycles. The lowest BCUT2D eigenvalue weighted by Gasteiger charge is -2.08. The predicted octanol–water partition coefficient (Wildman–Crippen LogP) is 3.78. The second-order valence-corrected chi connectivity index (χ2v) is 7.79. The molecule has 0 radical (unpaired) electrons. The smallest absolute Gasteiger partial charge is 0.330 e. The topological polar surface area (TPSA) is 88.8 Å². The van der Waals surface area contributed by atoms with E-state index in [1.54, 1.807) is 30.3 Å². The second-order valence-electron chi connectivity index (χ2n) is 7.79. The van der Waals surface area contributed by atoms with Crippen LogP contribution in [0.25, 0.3) is 17.0 Å². The van der Waals surface area contributed by atoms with Gasteiger partial charge in [-0.25, -0.2) is 4.79 Å². The van der Waals surface area contributed by atoms with E-state index in [0.717, 1.165) is 11.1 Å². The molecule has 0 saturated heterocycles. The van der Waals surface area contributed by atoms with E-state index >= 15 is 0 Å². The van der Waals surface area contributed by atoms with Gasteiger partial charge in [0, 0.05) is 18.3 Å². The van der Waals surface area contributed by atoms with E-state index in [4.69, 9.17) is 9.15 Å². The Morgan fingerprint density at radius 3 is 2.59 bits per heavy atom. The number of hydrogen-bond donors (Lipinski definition) is 1. The number of anilines is 1. The van der Waals surface area contributed by atoms with Gasteiger partial charge < -0.3 is 19.4 Å². The largest absolute Gasteiger partial charge is 0.463 e. The number of hydrogen-bond acceptors (Lipinski definition) is 6. The van der Waals surface area contributed by atoms with Gasteiger partial charge in [0.25, 0.3) is 5.91 Å². The third kappa shape index (κ3) is 5.70. The first-order valence-corrected chi connectivity index (χ1v) is 10.2. The maximum atomic E-state index is 12.9. The number of aryl methyl sites for hydroxylation is 2. The van der Waals surface area contributed by atoms with Gasteiger partial charge in [-0.1, -0.05) is 12.1 Å². The van der Waals surface area contributed by atoms with Crippen LogP contribution in [0.2, 0.25) is 0 Å². The lowest BCUT2D eigenvalue weighted by atomic mass is 10.1. The number of amides is 1. The van der Waals surface area contributed by atoms with Crippen molar-refractivity contribution in [3.63, 3.8) is 0 Å². The van der Waals surface area contributed by atoms with Crippen LogP contribution in [0.3, 0.4) is 0 Å².